The molecule has 0 bridgehead atoms. The Kier molecular flexibility index (Phi) is 5.57. The molecule has 32 heavy (non-hydrogen) atoms. The van der Waals surface area contributed by atoms with Gasteiger partial charge in [-0.3, -0.25) is 14.9 Å². The van der Waals surface area contributed by atoms with E-state index in [0.717, 1.165) is 10.4 Å². The minimum atomic E-state index is -3.14. The molecule has 0 aliphatic heterocycles. The van der Waals surface area contributed by atoms with E-state index < -0.39 is 17.7 Å². The molecule has 11 heteroatoms. The molecule has 0 aliphatic rings. The van der Waals surface area contributed by atoms with E-state index in [2.05, 4.69) is 20.3 Å². The topological polar surface area (TPSA) is 150 Å². The number of amides is 1. The summed E-state index contributed by atoms with van der Waals surface area (Å²) in [5, 5.41) is 31.5. The zero-order valence-corrected chi connectivity index (χ0v) is 17.9. The first kappa shape index (κ1) is 21.7. The summed E-state index contributed by atoms with van der Waals surface area (Å²) in [5.74, 6) is -4.12. The molecular formula is C21H19N5O5S. The Morgan fingerprint density at radius 3 is 2.59 bits per heavy atom. The van der Waals surface area contributed by atoms with Crippen molar-refractivity contribution in [1.82, 2.24) is 19.5 Å². The maximum Gasteiger partial charge on any atom is 0.340 e. The Labute approximate surface area is 185 Å². The van der Waals surface area contributed by atoms with Gasteiger partial charge in [-0.1, -0.05) is 23.5 Å². The van der Waals surface area contributed by atoms with Gasteiger partial charge in [-0.05, 0) is 31.5 Å². The van der Waals surface area contributed by atoms with E-state index in [1.807, 2.05) is 13.8 Å². The first-order valence-corrected chi connectivity index (χ1v) is 10.4. The molecule has 0 fully saturated rings. The summed E-state index contributed by atoms with van der Waals surface area (Å²) in [4.78, 5) is 37.3. The van der Waals surface area contributed by atoms with E-state index in [1.165, 1.54) is 28.2 Å². The summed E-state index contributed by atoms with van der Waals surface area (Å²) < 4.78 is 1.53. The highest BCUT2D eigenvalue weighted by Gasteiger charge is 2.26. The second-order valence-electron chi connectivity index (χ2n) is 7.34. The van der Waals surface area contributed by atoms with Crippen LogP contribution in [0.3, 0.4) is 0 Å². The average molecular weight is 453 g/mol. The van der Waals surface area contributed by atoms with Crippen LogP contribution in [0.5, 0.6) is 0 Å². The summed E-state index contributed by atoms with van der Waals surface area (Å²) in [6.07, 6.45) is 4.53. The first-order chi connectivity index (χ1) is 15.1. The molecule has 10 nitrogen and oxygen atoms in total. The molecule has 0 atom stereocenters. The van der Waals surface area contributed by atoms with Crippen LogP contribution in [0.25, 0.3) is 21.3 Å². The third-order valence-corrected chi connectivity index (χ3v) is 5.62. The predicted octanol–water partition coefficient (Wildman–Crippen LogP) is 1.84. The lowest BCUT2D eigenvalue weighted by Crippen LogP contribution is -2.26. The van der Waals surface area contributed by atoms with Gasteiger partial charge in [-0.15, -0.1) is 0 Å². The fourth-order valence-corrected chi connectivity index (χ4v) is 3.84. The summed E-state index contributed by atoms with van der Waals surface area (Å²) in [6.45, 7) is 3.76. The van der Waals surface area contributed by atoms with E-state index in [0.29, 0.717) is 16.0 Å². The Balaban J connectivity index is 1.57. The Hall–Kier alpha value is -3.51. The van der Waals surface area contributed by atoms with Crippen LogP contribution >= 0.6 is 11.3 Å². The monoisotopic (exact) mass is 453 g/mol. The van der Waals surface area contributed by atoms with Gasteiger partial charge in [0.1, 0.15) is 0 Å². The normalized spacial score (nSPS) is 11.8. The van der Waals surface area contributed by atoms with Crippen molar-refractivity contribution >= 4 is 33.3 Å². The summed E-state index contributed by atoms with van der Waals surface area (Å²) in [6, 6.07) is 8.08. The van der Waals surface area contributed by atoms with Crippen LogP contribution in [0, 0.1) is 0 Å². The van der Waals surface area contributed by atoms with Gasteiger partial charge in [0.25, 0.3) is 11.5 Å². The predicted molar refractivity (Wildman–Crippen MR) is 118 cm³/mol. The number of aliphatic hydroxyl groups is 3. The molecule has 164 valence electrons. The van der Waals surface area contributed by atoms with Crippen LogP contribution in [0.4, 0.5) is 5.13 Å². The number of hydrogen-bond acceptors (Lipinski definition) is 9. The lowest BCUT2D eigenvalue weighted by molar-refractivity contribution is -0.328. The minimum Gasteiger partial charge on any atom is -0.337 e. The number of aromatic nitrogens is 4. The second kappa shape index (κ2) is 8.20. The molecule has 4 aromatic rings. The lowest BCUT2D eigenvalue weighted by Gasteiger charge is -2.12. The van der Waals surface area contributed by atoms with E-state index in [9.17, 15) is 24.9 Å². The number of benzene rings is 1. The number of thiazole rings is 1. The number of pyridine rings is 1. The van der Waals surface area contributed by atoms with Crippen LogP contribution in [-0.4, -0.2) is 40.7 Å². The van der Waals surface area contributed by atoms with Gasteiger partial charge in [0.15, 0.2) is 5.13 Å². The minimum absolute atomic E-state index is 0.00649. The van der Waals surface area contributed by atoms with Gasteiger partial charge < -0.3 is 19.9 Å². The van der Waals surface area contributed by atoms with Crippen LogP contribution < -0.4 is 10.9 Å². The Morgan fingerprint density at radius 2 is 1.91 bits per heavy atom. The van der Waals surface area contributed by atoms with E-state index in [1.54, 1.807) is 36.7 Å². The van der Waals surface area contributed by atoms with Crippen LogP contribution in [0.1, 0.15) is 36.1 Å². The molecular weight excluding hydrogens is 434 g/mol. The van der Waals surface area contributed by atoms with E-state index in [4.69, 9.17) is 0 Å². The highest BCUT2D eigenvalue weighted by molar-refractivity contribution is 7.19. The average Bonchev–Trinajstić information content (AvgIpc) is 3.20. The quantitative estimate of drug-likeness (QED) is 0.334. The van der Waals surface area contributed by atoms with E-state index in [-0.39, 0.29) is 17.2 Å². The van der Waals surface area contributed by atoms with E-state index >= 15 is 0 Å². The molecule has 1 amide bonds. The lowest BCUT2D eigenvalue weighted by atomic mass is 10.1. The highest BCUT2D eigenvalue weighted by atomic mass is 32.1. The van der Waals surface area contributed by atoms with Gasteiger partial charge in [0.05, 0.1) is 10.4 Å². The fraction of sp³-hybridized carbons (Fsp3) is 0.190. The van der Waals surface area contributed by atoms with Gasteiger partial charge in [0, 0.05) is 41.6 Å². The molecule has 0 saturated heterocycles. The first-order valence-electron chi connectivity index (χ1n) is 9.56. The molecule has 0 unspecified atom stereocenters. The van der Waals surface area contributed by atoms with Crippen molar-refractivity contribution in [3.8, 4) is 10.4 Å². The number of nitrogens with zero attached hydrogens (tertiary/aromatic N) is 4. The van der Waals surface area contributed by atoms with Crippen molar-refractivity contribution in [1.29, 1.82) is 0 Å². The number of anilines is 1. The molecule has 3 aromatic heterocycles. The van der Waals surface area contributed by atoms with Crippen LogP contribution in [0.2, 0.25) is 0 Å². The number of nitrogens with one attached hydrogen (secondary N) is 1. The molecule has 1 aromatic carbocycles. The summed E-state index contributed by atoms with van der Waals surface area (Å²) in [7, 11) is 0. The van der Waals surface area contributed by atoms with Gasteiger partial charge in [-0.2, -0.15) is 0 Å². The smallest absolute Gasteiger partial charge is 0.337 e. The third kappa shape index (κ3) is 4.41. The molecule has 3 heterocycles. The zero-order valence-electron chi connectivity index (χ0n) is 17.1. The maximum atomic E-state index is 12.5. The van der Waals surface area contributed by atoms with Crippen molar-refractivity contribution in [3.05, 3.63) is 70.7 Å². The zero-order chi connectivity index (χ0) is 23.0. The largest absolute Gasteiger partial charge is 0.340 e. The number of fused-ring (bicyclic) bond motifs is 1. The molecule has 0 aliphatic carbocycles. The highest BCUT2D eigenvalue weighted by Crippen LogP contribution is 2.31. The molecule has 0 spiro atoms. The van der Waals surface area contributed by atoms with Crippen molar-refractivity contribution in [2.75, 3.05) is 5.32 Å². The molecule has 0 saturated carbocycles. The fourth-order valence-electron chi connectivity index (χ4n) is 3.03. The molecule has 4 rings (SSSR count). The van der Waals surface area contributed by atoms with Crippen molar-refractivity contribution in [2.45, 2.75) is 25.9 Å². The molecule has 4 N–H and O–H groups in total. The van der Waals surface area contributed by atoms with Crippen molar-refractivity contribution in [3.63, 3.8) is 0 Å². The van der Waals surface area contributed by atoms with Crippen LogP contribution in [0.15, 0.2) is 53.7 Å². The number of carbonyl (C=O) groups is 1. The number of rotatable bonds is 5. The SMILES string of the molecule is CC(C)n1ccc(C(=O)Nc2ncc(-c3ccc4cnc(C(O)(O)O)nc4c3)s2)cc1=O. The second-order valence-corrected chi connectivity index (χ2v) is 8.37. The van der Waals surface area contributed by atoms with Gasteiger partial charge >= 0.3 is 5.97 Å². The Bertz CT molecular complexity index is 1370. The summed E-state index contributed by atoms with van der Waals surface area (Å²) >= 11 is 1.22. The number of carbonyl (C=O) groups excluding carboxylic acids is 1. The van der Waals surface area contributed by atoms with Crippen molar-refractivity contribution < 1.29 is 20.1 Å². The Morgan fingerprint density at radius 1 is 1.12 bits per heavy atom. The van der Waals surface area contributed by atoms with Crippen LogP contribution in [-0.2, 0) is 5.97 Å². The molecule has 0 radical (unpaired) electrons. The van der Waals surface area contributed by atoms with Crippen molar-refractivity contribution in [2.24, 2.45) is 0 Å². The standard InChI is InChI=1S/C21H19N5O5S/c1-11(2)26-6-5-13(8-17(26)27)18(28)25-20-23-10-16(32-20)12-3-4-14-9-22-19(21(29,30)31)24-15(14)7-12/h3-11,29-31H,1-2H3,(H,23,25,28). The van der Waals surface area contributed by atoms with Gasteiger partial charge in [0.2, 0.25) is 5.82 Å². The summed E-state index contributed by atoms with van der Waals surface area (Å²) in [5.41, 5.74) is 1.08. The third-order valence-electron chi connectivity index (χ3n) is 4.66. The number of hydrogen-bond donors (Lipinski definition) is 4. The maximum absolute atomic E-state index is 12.5. The van der Waals surface area contributed by atoms with Gasteiger partial charge in [-0.25, -0.2) is 15.0 Å².